The van der Waals surface area contributed by atoms with Crippen molar-refractivity contribution in [2.24, 2.45) is 0 Å². The molecule has 1 aromatic carbocycles. The molecule has 1 atom stereocenters. The van der Waals surface area contributed by atoms with E-state index in [0.717, 1.165) is 24.3 Å². The summed E-state index contributed by atoms with van der Waals surface area (Å²) in [6, 6.07) is 7.66. The zero-order valence-electron chi connectivity index (χ0n) is 12.7. The molecule has 23 heavy (non-hydrogen) atoms. The summed E-state index contributed by atoms with van der Waals surface area (Å²) in [5.74, 6) is -0.233. The quantitative estimate of drug-likeness (QED) is 0.767. The molecule has 124 valence electrons. The van der Waals surface area contributed by atoms with Crippen molar-refractivity contribution in [2.75, 3.05) is 31.5 Å². The molecule has 7 nitrogen and oxygen atoms in total. The van der Waals surface area contributed by atoms with Gasteiger partial charge in [0.15, 0.2) is 0 Å². The maximum Gasteiger partial charge on any atom is 0.279 e. The van der Waals surface area contributed by atoms with E-state index in [4.69, 9.17) is 0 Å². The lowest BCUT2D eigenvalue weighted by Gasteiger charge is -2.35. The van der Waals surface area contributed by atoms with E-state index in [1.54, 1.807) is 4.31 Å². The van der Waals surface area contributed by atoms with Gasteiger partial charge >= 0.3 is 0 Å². The predicted molar refractivity (Wildman–Crippen MR) is 88.0 cm³/mol. The molecule has 0 bridgehead atoms. The highest BCUT2D eigenvalue weighted by molar-refractivity contribution is 7.87. The summed E-state index contributed by atoms with van der Waals surface area (Å²) in [6.45, 7) is 6.62. The fourth-order valence-corrected chi connectivity index (χ4v) is 4.38. The molecule has 2 N–H and O–H groups in total. The Morgan fingerprint density at radius 3 is 2.78 bits per heavy atom. The first-order chi connectivity index (χ1) is 11.0. The molecule has 2 aliphatic rings. The highest BCUT2D eigenvalue weighted by Crippen LogP contribution is 2.20. The van der Waals surface area contributed by atoms with Gasteiger partial charge in [-0.1, -0.05) is 18.7 Å². The van der Waals surface area contributed by atoms with Crippen LogP contribution in [-0.2, 0) is 21.5 Å². The van der Waals surface area contributed by atoms with Crippen LogP contribution >= 0.6 is 0 Å². The molecule has 1 aromatic rings. The van der Waals surface area contributed by atoms with E-state index in [9.17, 15) is 13.2 Å². The minimum absolute atomic E-state index is 0.0138. The van der Waals surface area contributed by atoms with E-state index < -0.39 is 10.2 Å². The van der Waals surface area contributed by atoms with Crippen molar-refractivity contribution in [1.82, 2.24) is 13.9 Å². The summed E-state index contributed by atoms with van der Waals surface area (Å²) >= 11 is 0. The largest absolute Gasteiger partial charge is 0.323 e. The van der Waals surface area contributed by atoms with Gasteiger partial charge in [0.2, 0.25) is 5.91 Å². The number of carbonyl (C=O) groups excluding carboxylic acids is 1. The average Bonchev–Trinajstić information content (AvgIpc) is 2.84. The number of benzene rings is 1. The van der Waals surface area contributed by atoms with Gasteiger partial charge in [-0.25, -0.2) is 4.72 Å². The van der Waals surface area contributed by atoms with Crippen molar-refractivity contribution < 1.29 is 13.2 Å². The Labute approximate surface area is 136 Å². The van der Waals surface area contributed by atoms with Crippen LogP contribution in [0.15, 0.2) is 36.9 Å². The Morgan fingerprint density at radius 2 is 2.09 bits per heavy atom. The number of fused-ring (bicyclic) bond motifs is 1. The monoisotopic (exact) mass is 336 g/mol. The second kappa shape index (κ2) is 6.40. The van der Waals surface area contributed by atoms with Gasteiger partial charge in [-0.2, -0.15) is 12.7 Å². The zero-order chi connectivity index (χ0) is 16.4. The summed E-state index contributed by atoms with van der Waals surface area (Å²) in [4.78, 5) is 13.5. The number of hydrogen-bond donors (Lipinski definition) is 2. The number of carbonyl (C=O) groups is 1. The van der Waals surface area contributed by atoms with E-state index in [-0.39, 0.29) is 11.9 Å². The first-order valence-electron chi connectivity index (χ1n) is 7.49. The minimum Gasteiger partial charge on any atom is -0.323 e. The predicted octanol–water partition coefficient (Wildman–Crippen LogP) is 0.145. The van der Waals surface area contributed by atoms with Crippen LogP contribution in [0.1, 0.15) is 5.56 Å². The standard InChI is InChI=1S/C15H20N4O3S/c1-2-15(20)17-13-5-3-12(4-6-13)10-18-7-8-19-14(11-18)9-16-23(19,21)22/h2-6,14,16H,1,7-11H2,(H,17,20). The Hall–Kier alpha value is -1.74. The van der Waals surface area contributed by atoms with Crippen LogP contribution in [0.2, 0.25) is 0 Å². The number of hydrogen-bond acceptors (Lipinski definition) is 4. The van der Waals surface area contributed by atoms with Crippen LogP contribution in [0.5, 0.6) is 0 Å². The van der Waals surface area contributed by atoms with Crippen LogP contribution < -0.4 is 10.0 Å². The molecule has 1 unspecified atom stereocenters. The molecule has 0 aliphatic carbocycles. The molecule has 2 fully saturated rings. The smallest absolute Gasteiger partial charge is 0.279 e. The minimum atomic E-state index is -3.25. The molecule has 1 amide bonds. The summed E-state index contributed by atoms with van der Waals surface area (Å²) < 4.78 is 27.7. The third-order valence-corrected chi connectivity index (χ3v) is 5.77. The van der Waals surface area contributed by atoms with Crippen molar-refractivity contribution >= 4 is 21.8 Å². The van der Waals surface area contributed by atoms with E-state index >= 15 is 0 Å². The Morgan fingerprint density at radius 1 is 1.35 bits per heavy atom. The van der Waals surface area contributed by atoms with Gasteiger partial charge in [0.25, 0.3) is 10.2 Å². The third kappa shape index (κ3) is 3.61. The Kier molecular flexibility index (Phi) is 4.49. The van der Waals surface area contributed by atoms with Gasteiger partial charge in [0.1, 0.15) is 0 Å². The van der Waals surface area contributed by atoms with E-state index in [1.807, 2.05) is 24.3 Å². The third-order valence-electron chi connectivity index (χ3n) is 4.14. The van der Waals surface area contributed by atoms with Crippen molar-refractivity contribution in [3.63, 3.8) is 0 Å². The fourth-order valence-electron chi connectivity index (χ4n) is 2.96. The highest BCUT2D eigenvalue weighted by Gasteiger charge is 2.40. The van der Waals surface area contributed by atoms with Gasteiger partial charge < -0.3 is 5.32 Å². The van der Waals surface area contributed by atoms with Gasteiger partial charge in [-0.15, -0.1) is 0 Å². The van der Waals surface area contributed by atoms with Gasteiger partial charge in [0, 0.05) is 38.4 Å². The van der Waals surface area contributed by atoms with E-state index in [0.29, 0.717) is 19.6 Å². The number of nitrogens with zero attached hydrogens (tertiary/aromatic N) is 2. The zero-order valence-corrected chi connectivity index (χ0v) is 13.6. The second-order valence-electron chi connectivity index (χ2n) is 5.74. The van der Waals surface area contributed by atoms with Crippen LogP contribution in [0, 0.1) is 0 Å². The van der Waals surface area contributed by atoms with Gasteiger partial charge in [0.05, 0.1) is 6.04 Å². The SMILES string of the molecule is C=CC(=O)Nc1ccc(CN2CCN3C(CNS3(=O)=O)C2)cc1. The Bertz CT molecular complexity index is 702. The maximum atomic E-state index is 11.8. The molecule has 3 rings (SSSR count). The van der Waals surface area contributed by atoms with Crippen molar-refractivity contribution in [1.29, 1.82) is 0 Å². The molecule has 2 aliphatic heterocycles. The van der Waals surface area contributed by atoms with E-state index in [2.05, 4.69) is 21.5 Å². The molecule has 2 heterocycles. The molecule has 0 radical (unpaired) electrons. The maximum absolute atomic E-state index is 11.8. The summed E-state index contributed by atoms with van der Waals surface area (Å²) in [5, 5.41) is 2.71. The number of anilines is 1. The van der Waals surface area contributed by atoms with Crippen LogP contribution in [-0.4, -0.2) is 55.8 Å². The lowest BCUT2D eigenvalue weighted by atomic mass is 10.1. The van der Waals surface area contributed by atoms with Crippen LogP contribution in [0.4, 0.5) is 5.69 Å². The Balaban J connectivity index is 1.58. The first kappa shape index (κ1) is 16.1. The molecule has 0 spiro atoms. The van der Waals surface area contributed by atoms with Gasteiger partial charge in [-0.3, -0.25) is 9.69 Å². The fraction of sp³-hybridized carbons (Fsp3) is 0.400. The number of amides is 1. The van der Waals surface area contributed by atoms with Crippen LogP contribution in [0.25, 0.3) is 0 Å². The second-order valence-corrected chi connectivity index (χ2v) is 7.45. The summed E-state index contributed by atoms with van der Waals surface area (Å²) in [5.41, 5.74) is 1.86. The summed E-state index contributed by atoms with van der Waals surface area (Å²) in [7, 11) is -3.25. The van der Waals surface area contributed by atoms with Gasteiger partial charge in [-0.05, 0) is 23.8 Å². The van der Waals surface area contributed by atoms with Crippen molar-refractivity contribution in [3.8, 4) is 0 Å². The van der Waals surface area contributed by atoms with Crippen molar-refractivity contribution in [2.45, 2.75) is 12.6 Å². The van der Waals surface area contributed by atoms with Crippen LogP contribution in [0.3, 0.4) is 0 Å². The normalized spacial score (nSPS) is 24.1. The molecule has 0 saturated carbocycles. The topological polar surface area (TPSA) is 81.8 Å². The molecular weight excluding hydrogens is 316 g/mol. The molecule has 8 heteroatoms. The lowest BCUT2D eigenvalue weighted by molar-refractivity contribution is -0.111. The number of nitrogens with one attached hydrogen (secondary N) is 2. The van der Waals surface area contributed by atoms with E-state index in [1.165, 1.54) is 6.08 Å². The highest BCUT2D eigenvalue weighted by atomic mass is 32.2. The first-order valence-corrected chi connectivity index (χ1v) is 8.93. The number of rotatable bonds is 4. The number of piperazine rings is 1. The molecule has 0 aromatic heterocycles. The lowest BCUT2D eigenvalue weighted by Crippen LogP contribution is -2.51. The van der Waals surface area contributed by atoms with Crippen molar-refractivity contribution in [3.05, 3.63) is 42.5 Å². The average molecular weight is 336 g/mol. The summed E-state index contributed by atoms with van der Waals surface area (Å²) in [6.07, 6.45) is 1.23. The molecular formula is C15H20N4O3S. The molecule has 2 saturated heterocycles.